The number of nitrogens with zero attached hydrogens (tertiary/aromatic N) is 3. The van der Waals surface area contributed by atoms with Gasteiger partial charge in [-0.1, -0.05) is 11.6 Å². The second-order valence-electron chi connectivity index (χ2n) is 5.06. The molecule has 3 rings (SSSR count). The molecule has 0 aliphatic heterocycles. The number of halogens is 1. The van der Waals surface area contributed by atoms with Crippen molar-refractivity contribution >= 4 is 34.6 Å². The molecule has 2 aromatic heterocycles. The molecule has 6 heteroatoms. The van der Waals surface area contributed by atoms with E-state index in [9.17, 15) is 0 Å². The highest BCUT2D eigenvalue weighted by atomic mass is 35.5. The van der Waals surface area contributed by atoms with Gasteiger partial charge in [-0.15, -0.1) is 11.3 Å². The zero-order valence-corrected chi connectivity index (χ0v) is 13.1. The first kappa shape index (κ1) is 13.6. The number of hydrogen-bond donors (Lipinski definition) is 1. The zero-order valence-electron chi connectivity index (χ0n) is 11.6. The molecule has 0 unspecified atom stereocenters. The number of anilines is 2. The van der Waals surface area contributed by atoms with Crippen molar-refractivity contribution in [2.24, 2.45) is 0 Å². The molecule has 1 saturated carbocycles. The van der Waals surface area contributed by atoms with E-state index < -0.39 is 0 Å². The molecule has 1 fully saturated rings. The Hall–Kier alpha value is -1.33. The van der Waals surface area contributed by atoms with Crippen LogP contribution in [0.4, 0.5) is 11.6 Å². The SMILES string of the molecule is CNc1cc(N(C)Cc2ccc(Cl)s2)nc(C2CC2)n1. The molecule has 1 N–H and O–H groups in total. The molecule has 0 bridgehead atoms. The van der Waals surface area contributed by atoms with Crippen molar-refractivity contribution < 1.29 is 0 Å². The minimum Gasteiger partial charge on any atom is -0.373 e. The van der Waals surface area contributed by atoms with Gasteiger partial charge in [-0.05, 0) is 25.0 Å². The van der Waals surface area contributed by atoms with Gasteiger partial charge >= 0.3 is 0 Å². The fraction of sp³-hybridized carbons (Fsp3) is 0.429. The number of nitrogens with one attached hydrogen (secondary N) is 1. The average Bonchev–Trinajstić information content (AvgIpc) is 3.22. The normalized spacial score (nSPS) is 14.3. The summed E-state index contributed by atoms with van der Waals surface area (Å²) in [5, 5.41) is 3.12. The second kappa shape index (κ2) is 5.58. The lowest BCUT2D eigenvalue weighted by molar-refractivity contribution is 0.862. The molecule has 0 aromatic carbocycles. The van der Waals surface area contributed by atoms with Crippen LogP contribution in [0.1, 0.15) is 29.5 Å². The molecule has 2 aromatic rings. The van der Waals surface area contributed by atoms with Gasteiger partial charge in [0.15, 0.2) is 0 Å². The van der Waals surface area contributed by atoms with Gasteiger partial charge in [0, 0.05) is 31.0 Å². The summed E-state index contributed by atoms with van der Waals surface area (Å²) in [7, 11) is 3.94. The topological polar surface area (TPSA) is 41.0 Å². The lowest BCUT2D eigenvalue weighted by atomic mass is 10.3. The quantitative estimate of drug-likeness (QED) is 0.913. The molecule has 2 heterocycles. The van der Waals surface area contributed by atoms with Crippen LogP contribution in [0.15, 0.2) is 18.2 Å². The third-order valence-electron chi connectivity index (χ3n) is 3.34. The summed E-state index contributed by atoms with van der Waals surface area (Å²) < 4.78 is 0.825. The standard InChI is InChI=1S/C14H17ClN4S/c1-16-12-7-13(18-14(17-12)9-3-4-9)19(2)8-10-5-6-11(15)20-10/h5-7,9H,3-4,8H2,1-2H3,(H,16,17,18). The number of rotatable bonds is 5. The number of aromatic nitrogens is 2. The van der Waals surface area contributed by atoms with Crippen LogP contribution in [-0.4, -0.2) is 24.1 Å². The van der Waals surface area contributed by atoms with Crippen LogP contribution in [0, 0.1) is 0 Å². The van der Waals surface area contributed by atoms with Crippen LogP contribution in [0.2, 0.25) is 4.34 Å². The Morgan fingerprint density at radius 1 is 1.40 bits per heavy atom. The van der Waals surface area contributed by atoms with Gasteiger partial charge in [0.05, 0.1) is 10.9 Å². The van der Waals surface area contributed by atoms with E-state index in [1.165, 1.54) is 17.7 Å². The molecule has 0 radical (unpaired) electrons. The summed E-state index contributed by atoms with van der Waals surface area (Å²) in [6.07, 6.45) is 2.41. The number of thiophene rings is 1. The van der Waals surface area contributed by atoms with Crippen molar-refractivity contribution in [3.63, 3.8) is 0 Å². The molecule has 1 aliphatic rings. The van der Waals surface area contributed by atoms with Crippen molar-refractivity contribution in [2.75, 3.05) is 24.3 Å². The van der Waals surface area contributed by atoms with E-state index in [0.29, 0.717) is 5.92 Å². The smallest absolute Gasteiger partial charge is 0.136 e. The monoisotopic (exact) mass is 308 g/mol. The maximum Gasteiger partial charge on any atom is 0.136 e. The van der Waals surface area contributed by atoms with Gasteiger partial charge in [-0.2, -0.15) is 0 Å². The third-order valence-corrected chi connectivity index (χ3v) is 4.56. The molecular formula is C14H17ClN4S. The van der Waals surface area contributed by atoms with Crippen LogP contribution in [-0.2, 0) is 6.54 Å². The second-order valence-corrected chi connectivity index (χ2v) is 6.86. The molecule has 0 amide bonds. The Morgan fingerprint density at radius 3 is 2.80 bits per heavy atom. The molecule has 0 atom stereocenters. The summed E-state index contributed by atoms with van der Waals surface area (Å²) in [4.78, 5) is 12.6. The van der Waals surface area contributed by atoms with E-state index >= 15 is 0 Å². The van der Waals surface area contributed by atoms with Gasteiger partial charge < -0.3 is 10.2 Å². The highest BCUT2D eigenvalue weighted by molar-refractivity contribution is 7.16. The van der Waals surface area contributed by atoms with Gasteiger partial charge in [-0.25, -0.2) is 9.97 Å². The molecule has 20 heavy (non-hydrogen) atoms. The third kappa shape index (κ3) is 3.04. The Bertz CT molecular complexity index is 609. The van der Waals surface area contributed by atoms with Gasteiger partial charge in [0.25, 0.3) is 0 Å². The van der Waals surface area contributed by atoms with E-state index in [1.807, 2.05) is 26.2 Å². The van der Waals surface area contributed by atoms with E-state index in [1.54, 1.807) is 11.3 Å². The minimum atomic E-state index is 0.548. The fourth-order valence-electron chi connectivity index (χ4n) is 2.05. The van der Waals surface area contributed by atoms with Crippen molar-refractivity contribution in [1.82, 2.24) is 9.97 Å². The Labute approximate surface area is 127 Å². The van der Waals surface area contributed by atoms with Crippen molar-refractivity contribution in [2.45, 2.75) is 25.3 Å². The Kier molecular flexibility index (Phi) is 3.81. The van der Waals surface area contributed by atoms with E-state index in [-0.39, 0.29) is 0 Å². The summed E-state index contributed by atoms with van der Waals surface area (Å²) in [5.74, 6) is 3.35. The fourth-order valence-corrected chi connectivity index (χ4v) is 3.19. The summed E-state index contributed by atoms with van der Waals surface area (Å²) in [6.45, 7) is 0.807. The summed E-state index contributed by atoms with van der Waals surface area (Å²) in [5.41, 5.74) is 0. The summed E-state index contributed by atoms with van der Waals surface area (Å²) >= 11 is 7.59. The van der Waals surface area contributed by atoms with Gasteiger partial charge in [0.2, 0.25) is 0 Å². The van der Waals surface area contributed by atoms with Crippen LogP contribution < -0.4 is 10.2 Å². The lowest BCUT2D eigenvalue weighted by Gasteiger charge is -2.18. The molecule has 106 valence electrons. The van der Waals surface area contributed by atoms with Gasteiger partial charge in [0.1, 0.15) is 17.5 Å². The van der Waals surface area contributed by atoms with Crippen molar-refractivity contribution in [1.29, 1.82) is 0 Å². The van der Waals surface area contributed by atoms with Crippen LogP contribution >= 0.6 is 22.9 Å². The molecular weight excluding hydrogens is 292 g/mol. The van der Waals surface area contributed by atoms with Crippen molar-refractivity contribution in [3.05, 3.63) is 33.2 Å². The minimum absolute atomic E-state index is 0.548. The first-order valence-electron chi connectivity index (χ1n) is 6.68. The van der Waals surface area contributed by atoms with E-state index in [0.717, 1.165) is 28.3 Å². The molecule has 4 nitrogen and oxygen atoms in total. The first-order valence-corrected chi connectivity index (χ1v) is 7.87. The van der Waals surface area contributed by atoms with E-state index in [4.69, 9.17) is 16.6 Å². The zero-order chi connectivity index (χ0) is 14.1. The van der Waals surface area contributed by atoms with E-state index in [2.05, 4.69) is 21.3 Å². The van der Waals surface area contributed by atoms with Crippen molar-refractivity contribution in [3.8, 4) is 0 Å². The number of hydrogen-bond acceptors (Lipinski definition) is 5. The Morgan fingerprint density at radius 2 is 2.20 bits per heavy atom. The van der Waals surface area contributed by atoms with Crippen LogP contribution in [0.25, 0.3) is 0 Å². The largest absolute Gasteiger partial charge is 0.373 e. The predicted octanol–water partition coefficient (Wildman–Crippen LogP) is 3.75. The lowest BCUT2D eigenvalue weighted by Crippen LogP contribution is -2.18. The van der Waals surface area contributed by atoms with Gasteiger partial charge in [-0.3, -0.25) is 0 Å². The van der Waals surface area contributed by atoms with Crippen LogP contribution in [0.5, 0.6) is 0 Å². The first-order chi connectivity index (χ1) is 9.65. The Balaban J connectivity index is 1.82. The highest BCUT2D eigenvalue weighted by Gasteiger charge is 2.27. The maximum absolute atomic E-state index is 5.98. The maximum atomic E-state index is 5.98. The summed E-state index contributed by atoms with van der Waals surface area (Å²) in [6, 6.07) is 5.98. The highest BCUT2D eigenvalue weighted by Crippen LogP contribution is 2.39. The average molecular weight is 309 g/mol. The molecule has 0 spiro atoms. The predicted molar refractivity (Wildman–Crippen MR) is 85.0 cm³/mol. The molecule has 1 aliphatic carbocycles. The molecule has 0 saturated heterocycles. The van der Waals surface area contributed by atoms with Crippen LogP contribution in [0.3, 0.4) is 0 Å².